The highest BCUT2D eigenvalue weighted by molar-refractivity contribution is 5.97. The van der Waals surface area contributed by atoms with Crippen LogP contribution in [0.5, 0.6) is 0 Å². The van der Waals surface area contributed by atoms with Crippen molar-refractivity contribution in [3.05, 3.63) is 77.1 Å². The highest BCUT2D eigenvalue weighted by Crippen LogP contribution is 2.32. The third kappa shape index (κ3) is 4.87. The summed E-state index contributed by atoms with van der Waals surface area (Å²) in [5.41, 5.74) is 0.0168. The number of alkyl halides is 3. The van der Waals surface area contributed by atoms with E-state index < -0.39 is 23.2 Å². The summed E-state index contributed by atoms with van der Waals surface area (Å²) in [5, 5.41) is 0. The monoisotopic (exact) mass is 420 g/mol. The molecule has 1 saturated heterocycles. The smallest absolute Gasteiger partial charge is 0.336 e. The number of rotatable bonds is 3. The third-order valence-electron chi connectivity index (χ3n) is 4.98. The molecule has 1 heterocycles. The Labute approximate surface area is 171 Å². The Hall–Kier alpha value is -3.16. The second-order valence-corrected chi connectivity index (χ2v) is 7.00. The zero-order chi connectivity index (χ0) is 21.9. The SMILES string of the molecule is C/C(=C/C(=O)N1CCN(C(=O)c2ccccc2C(F)(F)F)CC1)c1ccc(F)cc1. The first-order valence-electron chi connectivity index (χ1n) is 9.35. The van der Waals surface area contributed by atoms with E-state index in [-0.39, 0.29) is 37.9 Å². The molecule has 2 aromatic rings. The molecule has 158 valence electrons. The molecule has 2 aromatic carbocycles. The van der Waals surface area contributed by atoms with Crippen LogP contribution in [0.1, 0.15) is 28.4 Å². The molecule has 0 unspecified atom stereocenters. The van der Waals surface area contributed by atoms with Crippen LogP contribution in [0.2, 0.25) is 0 Å². The van der Waals surface area contributed by atoms with Gasteiger partial charge in [0.25, 0.3) is 5.91 Å². The van der Waals surface area contributed by atoms with E-state index in [4.69, 9.17) is 0 Å². The molecule has 8 heteroatoms. The maximum Gasteiger partial charge on any atom is 0.417 e. The number of halogens is 4. The molecule has 0 aromatic heterocycles. The molecule has 2 amide bonds. The number of hydrogen-bond acceptors (Lipinski definition) is 2. The fourth-order valence-electron chi connectivity index (χ4n) is 3.29. The fraction of sp³-hybridized carbons (Fsp3) is 0.273. The predicted octanol–water partition coefficient (Wildman–Crippen LogP) is 4.23. The summed E-state index contributed by atoms with van der Waals surface area (Å²) in [6.07, 6.45) is -3.18. The Morgan fingerprint density at radius 3 is 2.07 bits per heavy atom. The number of carbonyl (C=O) groups is 2. The lowest BCUT2D eigenvalue weighted by Gasteiger charge is -2.34. The molecule has 0 radical (unpaired) electrons. The van der Waals surface area contributed by atoms with Gasteiger partial charge in [-0.2, -0.15) is 13.2 Å². The summed E-state index contributed by atoms with van der Waals surface area (Å²) in [6.45, 7) is 2.44. The average molecular weight is 420 g/mol. The zero-order valence-electron chi connectivity index (χ0n) is 16.2. The minimum atomic E-state index is -4.62. The van der Waals surface area contributed by atoms with Crippen LogP contribution in [0, 0.1) is 5.82 Å². The topological polar surface area (TPSA) is 40.6 Å². The first-order valence-corrected chi connectivity index (χ1v) is 9.35. The molecule has 1 aliphatic heterocycles. The number of amides is 2. The summed E-state index contributed by atoms with van der Waals surface area (Å²) in [4.78, 5) is 28.0. The van der Waals surface area contributed by atoms with Crippen molar-refractivity contribution >= 4 is 17.4 Å². The van der Waals surface area contributed by atoms with Crippen molar-refractivity contribution in [1.82, 2.24) is 9.80 Å². The van der Waals surface area contributed by atoms with Crippen LogP contribution < -0.4 is 0 Å². The Morgan fingerprint density at radius 1 is 0.900 bits per heavy atom. The van der Waals surface area contributed by atoms with E-state index in [9.17, 15) is 27.2 Å². The fourth-order valence-corrected chi connectivity index (χ4v) is 3.29. The van der Waals surface area contributed by atoms with Gasteiger partial charge in [0.1, 0.15) is 5.82 Å². The number of hydrogen-bond donors (Lipinski definition) is 0. The van der Waals surface area contributed by atoms with Crippen LogP contribution in [-0.4, -0.2) is 47.8 Å². The molecular formula is C22H20F4N2O2. The molecule has 0 atom stereocenters. The van der Waals surface area contributed by atoms with E-state index in [0.717, 1.165) is 12.1 Å². The van der Waals surface area contributed by atoms with Gasteiger partial charge in [0, 0.05) is 32.3 Å². The first-order chi connectivity index (χ1) is 14.2. The van der Waals surface area contributed by atoms with Crippen LogP contribution >= 0.6 is 0 Å². The standard InChI is InChI=1S/C22H20F4N2O2/c1-15(16-6-8-17(23)9-7-16)14-20(29)27-10-12-28(13-11-27)21(30)18-4-2-3-5-19(18)22(24,25)26/h2-9,14H,10-13H2,1H3/b15-14-. The predicted molar refractivity (Wildman–Crippen MR) is 104 cm³/mol. The van der Waals surface area contributed by atoms with Gasteiger partial charge < -0.3 is 9.80 Å². The second kappa shape index (κ2) is 8.69. The van der Waals surface area contributed by atoms with Gasteiger partial charge in [-0.25, -0.2) is 4.39 Å². The largest absolute Gasteiger partial charge is 0.417 e. The van der Waals surface area contributed by atoms with Crippen molar-refractivity contribution in [2.45, 2.75) is 13.1 Å². The lowest BCUT2D eigenvalue weighted by Crippen LogP contribution is -2.50. The van der Waals surface area contributed by atoms with E-state index >= 15 is 0 Å². The Morgan fingerprint density at radius 2 is 1.47 bits per heavy atom. The van der Waals surface area contributed by atoms with Crippen LogP contribution in [0.4, 0.5) is 17.6 Å². The molecule has 0 saturated carbocycles. The third-order valence-corrected chi connectivity index (χ3v) is 4.98. The van der Waals surface area contributed by atoms with Crippen molar-refractivity contribution in [2.24, 2.45) is 0 Å². The molecule has 0 bridgehead atoms. The summed E-state index contributed by atoms with van der Waals surface area (Å²) >= 11 is 0. The molecule has 1 aliphatic rings. The minimum Gasteiger partial charge on any atom is -0.336 e. The molecule has 0 spiro atoms. The molecule has 1 fully saturated rings. The normalized spacial score (nSPS) is 15.3. The number of benzene rings is 2. The van der Waals surface area contributed by atoms with E-state index in [1.54, 1.807) is 19.1 Å². The van der Waals surface area contributed by atoms with Gasteiger partial charge in [0.15, 0.2) is 0 Å². The van der Waals surface area contributed by atoms with Crippen molar-refractivity contribution in [1.29, 1.82) is 0 Å². The van der Waals surface area contributed by atoms with Gasteiger partial charge in [-0.15, -0.1) is 0 Å². The second-order valence-electron chi connectivity index (χ2n) is 7.00. The van der Waals surface area contributed by atoms with Crippen LogP contribution in [0.15, 0.2) is 54.6 Å². The van der Waals surface area contributed by atoms with Crippen molar-refractivity contribution < 1.29 is 27.2 Å². The maximum absolute atomic E-state index is 13.2. The number of carbonyl (C=O) groups excluding carboxylic acids is 2. The Kier molecular flexibility index (Phi) is 6.24. The number of nitrogens with zero attached hydrogens (tertiary/aromatic N) is 2. The Bertz CT molecular complexity index is 960. The minimum absolute atomic E-state index is 0.139. The van der Waals surface area contributed by atoms with Gasteiger partial charge in [-0.1, -0.05) is 24.3 Å². The van der Waals surface area contributed by atoms with E-state index in [2.05, 4.69) is 0 Å². The van der Waals surface area contributed by atoms with Gasteiger partial charge in [0.2, 0.25) is 5.91 Å². The van der Waals surface area contributed by atoms with Crippen molar-refractivity contribution in [3.63, 3.8) is 0 Å². The molecule has 30 heavy (non-hydrogen) atoms. The lowest BCUT2D eigenvalue weighted by atomic mass is 10.1. The molecular weight excluding hydrogens is 400 g/mol. The molecule has 0 aliphatic carbocycles. The molecule has 0 N–H and O–H groups in total. The summed E-state index contributed by atoms with van der Waals surface area (Å²) < 4.78 is 52.6. The van der Waals surface area contributed by atoms with Gasteiger partial charge >= 0.3 is 6.18 Å². The highest BCUT2D eigenvalue weighted by atomic mass is 19.4. The number of piperazine rings is 1. The lowest BCUT2D eigenvalue weighted by molar-refractivity contribution is -0.138. The van der Waals surface area contributed by atoms with Gasteiger partial charge in [0.05, 0.1) is 11.1 Å². The molecule has 3 rings (SSSR count). The van der Waals surface area contributed by atoms with Crippen LogP contribution in [0.3, 0.4) is 0 Å². The number of allylic oxidation sites excluding steroid dienone is 1. The zero-order valence-corrected chi connectivity index (χ0v) is 16.2. The Balaban J connectivity index is 1.65. The van der Waals surface area contributed by atoms with Gasteiger partial charge in [-0.05, 0) is 42.3 Å². The van der Waals surface area contributed by atoms with E-state index in [1.807, 2.05) is 0 Å². The van der Waals surface area contributed by atoms with Crippen LogP contribution in [-0.2, 0) is 11.0 Å². The molecule has 4 nitrogen and oxygen atoms in total. The summed E-state index contributed by atoms with van der Waals surface area (Å²) in [6, 6.07) is 10.4. The van der Waals surface area contributed by atoms with Crippen LogP contribution in [0.25, 0.3) is 5.57 Å². The maximum atomic E-state index is 13.2. The average Bonchev–Trinajstić information content (AvgIpc) is 2.73. The first kappa shape index (κ1) is 21.5. The summed E-state index contributed by atoms with van der Waals surface area (Å²) in [7, 11) is 0. The van der Waals surface area contributed by atoms with E-state index in [1.165, 1.54) is 40.1 Å². The van der Waals surface area contributed by atoms with Crippen molar-refractivity contribution in [3.8, 4) is 0 Å². The van der Waals surface area contributed by atoms with E-state index in [0.29, 0.717) is 11.1 Å². The van der Waals surface area contributed by atoms with Gasteiger partial charge in [-0.3, -0.25) is 9.59 Å². The van der Waals surface area contributed by atoms with Crippen molar-refractivity contribution in [2.75, 3.05) is 26.2 Å². The quantitative estimate of drug-likeness (QED) is 0.551. The summed E-state index contributed by atoms with van der Waals surface area (Å²) in [5.74, 6) is -1.33. The highest BCUT2D eigenvalue weighted by Gasteiger charge is 2.36.